The highest BCUT2D eigenvalue weighted by atomic mass is 16.1. The predicted octanol–water partition coefficient (Wildman–Crippen LogP) is -0.156. The van der Waals surface area contributed by atoms with E-state index in [1.54, 1.807) is 17.8 Å². The SMILES string of the molecule is Cn1ncc2c(=O)[nH]c(N)cc21. The van der Waals surface area contributed by atoms with Crippen molar-refractivity contribution in [3.05, 3.63) is 22.6 Å². The molecule has 3 N–H and O–H groups in total. The number of aromatic nitrogens is 3. The number of aryl methyl sites for hydroxylation is 1. The van der Waals surface area contributed by atoms with Gasteiger partial charge in [0.05, 0.1) is 17.1 Å². The van der Waals surface area contributed by atoms with Crippen LogP contribution in [0.3, 0.4) is 0 Å². The number of rotatable bonds is 0. The normalized spacial score (nSPS) is 10.8. The van der Waals surface area contributed by atoms with Crippen LogP contribution >= 0.6 is 0 Å². The Morgan fingerprint density at radius 2 is 2.42 bits per heavy atom. The lowest BCUT2D eigenvalue weighted by Crippen LogP contribution is -2.08. The highest BCUT2D eigenvalue weighted by Gasteiger charge is 2.03. The van der Waals surface area contributed by atoms with Crippen LogP contribution in [0.4, 0.5) is 5.82 Å². The van der Waals surface area contributed by atoms with Gasteiger partial charge in [-0.3, -0.25) is 9.48 Å². The summed E-state index contributed by atoms with van der Waals surface area (Å²) < 4.78 is 1.61. The average molecular weight is 164 g/mol. The van der Waals surface area contributed by atoms with Gasteiger partial charge in [-0.2, -0.15) is 5.10 Å². The molecule has 0 aromatic carbocycles. The first-order chi connectivity index (χ1) is 5.68. The standard InChI is InChI=1S/C7H8N4O/c1-11-5-2-6(8)10-7(12)4(5)3-9-11/h2-3H,1H3,(H3,8,10,12). The van der Waals surface area contributed by atoms with Crippen LogP contribution in [0.15, 0.2) is 17.1 Å². The number of fused-ring (bicyclic) bond motifs is 1. The summed E-state index contributed by atoms with van der Waals surface area (Å²) in [7, 11) is 1.77. The van der Waals surface area contributed by atoms with Gasteiger partial charge >= 0.3 is 0 Å². The molecule has 5 nitrogen and oxygen atoms in total. The zero-order chi connectivity index (χ0) is 8.72. The lowest BCUT2D eigenvalue weighted by atomic mass is 10.3. The number of nitrogens with zero attached hydrogens (tertiary/aromatic N) is 2. The molecule has 0 saturated carbocycles. The molecule has 62 valence electrons. The van der Waals surface area contributed by atoms with Gasteiger partial charge in [-0.25, -0.2) is 0 Å². The molecule has 2 aromatic rings. The zero-order valence-corrected chi connectivity index (χ0v) is 6.53. The van der Waals surface area contributed by atoms with Crippen LogP contribution in [0, 0.1) is 0 Å². The minimum Gasteiger partial charge on any atom is -0.385 e. The molecule has 0 bridgehead atoms. The molecule has 0 radical (unpaired) electrons. The number of pyridine rings is 1. The van der Waals surface area contributed by atoms with Crippen molar-refractivity contribution in [1.29, 1.82) is 0 Å². The number of hydrogen-bond acceptors (Lipinski definition) is 3. The molecule has 2 rings (SSSR count). The summed E-state index contributed by atoms with van der Waals surface area (Å²) in [5.41, 5.74) is 6.01. The van der Waals surface area contributed by atoms with Gasteiger partial charge in [0.2, 0.25) is 0 Å². The molecule has 0 unspecified atom stereocenters. The van der Waals surface area contributed by atoms with Crippen LogP contribution < -0.4 is 11.3 Å². The summed E-state index contributed by atoms with van der Waals surface area (Å²) in [6.45, 7) is 0. The van der Waals surface area contributed by atoms with Crippen molar-refractivity contribution in [3.8, 4) is 0 Å². The number of hydrogen-bond donors (Lipinski definition) is 2. The number of H-pyrrole nitrogens is 1. The summed E-state index contributed by atoms with van der Waals surface area (Å²) in [6, 6.07) is 1.68. The second kappa shape index (κ2) is 2.10. The third kappa shape index (κ3) is 0.795. The first-order valence-electron chi connectivity index (χ1n) is 3.49. The number of nitrogens with two attached hydrogens (primary N) is 1. The van der Waals surface area contributed by atoms with E-state index < -0.39 is 0 Å². The first kappa shape index (κ1) is 6.90. The topological polar surface area (TPSA) is 76.7 Å². The van der Waals surface area contributed by atoms with Crippen molar-refractivity contribution in [2.45, 2.75) is 0 Å². The maximum atomic E-state index is 11.2. The summed E-state index contributed by atoms with van der Waals surface area (Å²) in [6.07, 6.45) is 1.52. The highest BCUT2D eigenvalue weighted by molar-refractivity contribution is 5.79. The first-order valence-corrected chi connectivity index (χ1v) is 3.49. The van der Waals surface area contributed by atoms with Crippen LogP contribution in [0.1, 0.15) is 0 Å². The zero-order valence-electron chi connectivity index (χ0n) is 6.53. The van der Waals surface area contributed by atoms with Crippen LogP contribution in [0.25, 0.3) is 10.9 Å². The maximum Gasteiger partial charge on any atom is 0.260 e. The van der Waals surface area contributed by atoms with Gasteiger partial charge in [0.25, 0.3) is 5.56 Å². The molecule has 12 heavy (non-hydrogen) atoms. The summed E-state index contributed by atoms with van der Waals surface area (Å²) >= 11 is 0. The highest BCUT2D eigenvalue weighted by Crippen LogP contribution is 2.08. The van der Waals surface area contributed by atoms with Crippen molar-refractivity contribution >= 4 is 16.7 Å². The fraction of sp³-hybridized carbons (Fsp3) is 0.143. The Kier molecular flexibility index (Phi) is 1.21. The molecule has 0 fully saturated rings. The fourth-order valence-corrected chi connectivity index (χ4v) is 1.17. The minimum absolute atomic E-state index is 0.196. The van der Waals surface area contributed by atoms with Gasteiger partial charge in [-0.05, 0) is 0 Å². The van der Waals surface area contributed by atoms with Crippen molar-refractivity contribution in [1.82, 2.24) is 14.8 Å². The second-order valence-corrected chi connectivity index (χ2v) is 2.62. The van der Waals surface area contributed by atoms with Crippen LogP contribution in [-0.4, -0.2) is 14.8 Å². The van der Waals surface area contributed by atoms with Crippen molar-refractivity contribution in [2.75, 3.05) is 5.73 Å². The van der Waals surface area contributed by atoms with E-state index in [0.29, 0.717) is 11.2 Å². The van der Waals surface area contributed by atoms with Gasteiger partial charge in [-0.1, -0.05) is 0 Å². The number of anilines is 1. The molecule has 0 saturated heterocycles. The molecular formula is C7H8N4O. The largest absolute Gasteiger partial charge is 0.385 e. The van der Waals surface area contributed by atoms with Crippen LogP contribution in [-0.2, 0) is 7.05 Å². The third-order valence-corrected chi connectivity index (χ3v) is 1.78. The molecule has 0 atom stereocenters. The summed E-state index contributed by atoms with van der Waals surface area (Å²) in [5.74, 6) is 0.358. The van der Waals surface area contributed by atoms with Crippen LogP contribution in [0.2, 0.25) is 0 Å². The predicted molar refractivity (Wildman–Crippen MR) is 45.7 cm³/mol. The monoisotopic (exact) mass is 164 g/mol. The van der Waals surface area contributed by atoms with E-state index in [4.69, 9.17) is 5.73 Å². The molecule has 0 spiro atoms. The van der Waals surface area contributed by atoms with Crippen LogP contribution in [0.5, 0.6) is 0 Å². The quantitative estimate of drug-likeness (QED) is 0.568. The Balaban J connectivity index is 3.03. The van der Waals surface area contributed by atoms with E-state index in [1.807, 2.05) is 0 Å². The van der Waals surface area contributed by atoms with E-state index >= 15 is 0 Å². The number of aromatic amines is 1. The molecule has 0 aliphatic rings. The number of nitrogens with one attached hydrogen (secondary N) is 1. The molecule has 2 heterocycles. The maximum absolute atomic E-state index is 11.2. The molecule has 0 amide bonds. The summed E-state index contributed by atoms with van der Waals surface area (Å²) in [4.78, 5) is 13.7. The Hall–Kier alpha value is -1.78. The fourth-order valence-electron chi connectivity index (χ4n) is 1.17. The van der Waals surface area contributed by atoms with Crippen molar-refractivity contribution in [3.63, 3.8) is 0 Å². The Labute approximate surface area is 67.8 Å². The van der Waals surface area contributed by atoms with Gasteiger partial charge < -0.3 is 10.7 Å². The molecule has 0 aliphatic carbocycles. The van der Waals surface area contributed by atoms with E-state index in [-0.39, 0.29) is 5.56 Å². The van der Waals surface area contributed by atoms with E-state index in [0.717, 1.165) is 5.52 Å². The smallest absolute Gasteiger partial charge is 0.260 e. The Morgan fingerprint density at radius 1 is 1.67 bits per heavy atom. The van der Waals surface area contributed by atoms with E-state index in [1.165, 1.54) is 6.20 Å². The van der Waals surface area contributed by atoms with Gasteiger partial charge in [-0.15, -0.1) is 0 Å². The third-order valence-electron chi connectivity index (χ3n) is 1.78. The van der Waals surface area contributed by atoms with Gasteiger partial charge in [0, 0.05) is 13.1 Å². The Morgan fingerprint density at radius 3 is 3.17 bits per heavy atom. The van der Waals surface area contributed by atoms with Gasteiger partial charge in [0.1, 0.15) is 5.82 Å². The van der Waals surface area contributed by atoms with E-state index in [2.05, 4.69) is 10.1 Å². The van der Waals surface area contributed by atoms with Gasteiger partial charge in [0.15, 0.2) is 0 Å². The molecule has 5 heteroatoms. The average Bonchev–Trinajstić information content (AvgIpc) is 2.33. The van der Waals surface area contributed by atoms with Crippen molar-refractivity contribution < 1.29 is 0 Å². The molecule has 0 aliphatic heterocycles. The lowest BCUT2D eigenvalue weighted by Gasteiger charge is -1.94. The lowest BCUT2D eigenvalue weighted by molar-refractivity contribution is 0.797. The van der Waals surface area contributed by atoms with E-state index in [9.17, 15) is 4.79 Å². The molecular weight excluding hydrogens is 156 g/mol. The summed E-state index contributed by atoms with van der Waals surface area (Å²) in [5, 5.41) is 4.50. The number of nitrogen functional groups attached to an aromatic ring is 1. The minimum atomic E-state index is -0.196. The second-order valence-electron chi connectivity index (χ2n) is 2.62. The van der Waals surface area contributed by atoms with Crippen molar-refractivity contribution in [2.24, 2.45) is 7.05 Å². The Bertz CT molecular complexity index is 482. The molecule has 2 aromatic heterocycles.